The summed E-state index contributed by atoms with van der Waals surface area (Å²) < 4.78 is 5.33. The van der Waals surface area contributed by atoms with E-state index >= 15 is 0 Å². The quantitative estimate of drug-likeness (QED) is 0.798. The van der Waals surface area contributed by atoms with Crippen LogP contribution in [0.4, 0.5) is 5.82 Å². The number of nitrogens with zero attached hydrogens (tertiary/aromatic N) is 2. The van der Waals surface area contributed by atoms with Crippen LogP contribution in [0.2, 0.25) is 0 Å². The fraction of sp³-hybridized carbons (Fsp3) is 0.235. The summed E-state index contributed by atoms with van der Waals surface area (Å²) in [6, 6.07) is 11.8. The molecule has 0 aliphatic rings. The molecule has 108 valence electrons. The van der Waals surface area contributed by atoms with Crippen molar-refractivity contribution in [1.29, 1.82) is 0 Å². The number of anilines is 1. The van der Waals surface area contributed by atoms with E-state index in [9.17, 15) is 5.11 Å². The molecule has 0 bridgehead atoms. The van der Waals surface area contributed by atoms with Gasteiger partial charge in [-0.2, -0.15) is 0 Å². The van der Waals surface area contributed by atoms with E-state index < -0.39 is 0 Å². The summed E-state index contributed by atoms with van der Waals surface area (Å²) in [7, 11) is 1.99. The van der Waals surface area contributed by atoms with Crippen molar-refractivity contribution >= 4 is 16.7 Å². The van der Waals surface area contributed by atoms with Crippen LogP contribution in [-0.2, 0) is 13.2 Å². The first-order valence-corrected chi connectivity index (χ1v) is 6.92. The van der Waals surface area contributed by atoms with Crippen LogP contribution in [0.3, 0.4) is 0 Å². The third-order valence-electron chi connectivity index (χ3n) is 3.72. The molecule has 0 aliphatic heterocycles. The maximum Gasteiger partial charge on any atom is 0.129 e. The largest absolute Gasteiger partial charge is 0.469 e. The van der Waals surface area contributed by atoms with Gasteiger partial charge in [-0.1, -0.05) is 18.2 Å². The zero-order valence-electron chi connectivity index (χ0n) is 12.2. The van der Waals surface area contributed by atoms with Gasteiger partial charge in [-0.25, -0.2) is 4.98 Å². The molecule has 2 aromatic heterocycles. The highest BCUT2D eigenvalue weighted by atomic mass is 16.3. The average molecular weight is 282 g/mol. The SMILES string of the molecule is Cc1occc1CN(C)c1cc(CO)c2ccccc2n1. The first kappa shape index (κ1) is 13.6. The molecule has 21 heavy (non-hydrogen) atoms. The molecule has 0 atom stereocenters. The molecule has 1 N–H and O–H groups in total. The lowest BCUT2D eigenvalue weighted by molar-refractivity contribution is 0.283. The summed E-state index contributed by atoms with van der Waals surface area (Å²) in [4.78, 5) is 6.74. The standard InChI is InChI=1S/C17H18N2O2/c1-12-13(7-8-21-12)10-19(2)17-9-14(11-20)15-5-3-4-6-16(15)18-17/h3-9,20H,10-11H2,1-2H3. The Morgan fingerprint density at radius 1 is 1.19 bits per heavy atom. The Hall–Kier alpha value is -2.33. The zero-order valence-corrected chi connectivity index (χ0v) is 12.2. The first-order valence-electron chi connectivity index (χ1n) is 6.92. The van der Waals surface area contributed by atoms with Crippen molar-refractivity contribution in [2.45, 2.75) is 20.1 Å². The molecule has 0 spiro atoms. The summed E-state index contributed by atoms with van der Waals surface area (Å²) >= 11 is 0. The number of rotatable bonds is 4. The molecule has 4 heteroatoms. The minimum Gasteiger partial charge on any atom is -0.469 e. The molecule has 0 aliphatic carbocycles. The first-order chi connectivity index (χ1) is 10.2. The average Bonchev–Trinajstić information content (AvgIpc) is 2.91. The van der Waals surface area contributed by atoms with E-state index in [-0.39, 0.29) is 6.61 Å². The number of fused-ring (bicyclic) bond motifs is 1. The van der Waals surface area contributed by atoms with Crippen LogP contribution in [-0.4, -0.2) is 17.1 Å². The van der Waals surface area contributed by atoms with Crippen molar-refractivity contribution in [2.24, 2.45) is 0 Å². The molecule has 4 nitrogen and oxygen atoms in total. The van der Waals surface area contributed by atoms with Crippen LogP contribution in [0, 0.1) is 6.92 Å². The van der Waals surface area contributed by atoms with Crippen molar-refractivity contribution in [3.8, 4) is 0 Å². The number of para-hydroxylation sites is 1. The molecular formula is C17H18N2O2. The predicted molar refractivity (Wildman–Crippen MR) is 83.2 cm³/mol. The van der Waals surface area contributed by atoms with Gasteiger partial charge in [0.05, 0.1) is 18.4 Å². The Bertz CT molecular complexity index is 764. The Morgan fingerprint density at radius 2 is 2.00 bits per heavy atom. The van der Waals surface area contributed by atoms with Gasteiger partial charge in [-0.05, 0) is 30.7 Å². The number of aryl methyl sites for hydroxylation is 1. The summed E-state index contributed by atoms with van der Waals surface area (Å²) in [6.45, 7) is 2.68. The number of furan rings is 1. The molecule has 3 rings (SSSR count). The van der Waals surface area contributed by atoms with Crippen LogP contribution >= 0.6 is 0 Å². The van der Waals surface area contributed by atoms with Crippen LogP contribution in [0.15, 0.2) is 47.1 Å². The second-order valence-electron chi connectivity index (χ2n) is 5.17. The topological polar surface area (TPSA) is 49.5 Å². The number of aliphatic hydroxyl groups excluding tert-OH is 1. The molecule has 3 aromatic rings. The maximum atomic E-state index is 9.58. The highest BCUT2D eigenvalue weighted by molar-refractivity contribution is 5.84. The van der Waals surface area contributed by atoms with Crippen LogP contribution in [0.5, 0.6) is 0 Å². The lowest BCUT2D eigenvalue weighted by atomic mass is 10.1. The fourth-order valence-corrected chi connectivity index (χ4v) is 2.47. The van der Waals surface area contributed by atoms with E-state index in [1.165, 1.54) is 0 Å². The molecule has 1 aromatic carbocycles. The number of pyridine rings is 1. The van der Waals surface area contributed by atoms with Gasteiger partial charge in [0.1, 0.15) is 11.6 Å². The fourth-order valence-electron chi connectivity index (χ4n) is 2.47. The van der Waals surface area contributed by atoms with E-state index in [4.69, 9.17) is 4.42 Å². The second kappa shape index (κ2) is 5.58. The highest BCUT2D eigenvalue weighted by Gasteiger charge is 2.11. The van der Waals surface area contributed by atoms with Gasteiger partial charge < -0.3 is 14.4 Å². The summed E-state index contributed by atoms with van der Waals surface area (Å²) in [5.74, 6) is 1.77. The monoisotopic (exact) mass is 282 g/mol. The zero-order chi connectivity index (χ0) is 14.8. The van der Waals surface area contributed by atoms with E-state index in [2.05, 4.69) is 9.88 Å². The molecule has 0 amide bonds. The minimum atomic E-state index is 0.00854. The van der Waals surface area contributed by atoms with Gasteiger partial charge in [0, 0.05) is 24.5 Å². The molecule has 0 unspecified atom stereocenters. The minimum absolute atomic E-state index is 0.00854. The van der Waals surface area contributed by atoms with Crippen molar-refractivity contribution in [3.63, 3.8) is 0 Å². The number of hydrogen-bond donors (Lipinski definition) is 1. The Balaban J connectivity index is 1.98. The highest BCUT2D eigenvalue weighted by Crippen LogP contribution is 2.24. The van der Waals surface area contributed by atoms with Crippen LogP contribution in [0.1, 0.15) is 16.9 Å². The number of aliphatic hydroxyl groups is 1. The Morgan fingerprint density at radius 3 is 2.71 bits per heavy atom. The van der Waals surface area contributed by atoms with E-state index in [0.717, 1.165) is 40.2 Å². The second-order valence-corrected chi connectivity index (χ2v) is 5.17. The normalized spacial score (nSPS) is 11.0. The van der Waals surface area contributed by atoms with Crippen molar-refractivity contribution < 1.29 is 9.52 Å². The third kappa shape index (κ3) is 2.62. The van der Waals surface area contributed by atoms with Gasteiger partial charge in [-0.15, -0.1) is 0 Å². The molecule has 0 saturated carbocycles. The van der Waals surface area contributed by atoms with E-state index in [1.807, 2.05) is 50.4 Å². The predicted octanol–water partition coefficient (Wildman–Crippen LogP) is 3.26. The van der Waals surface area contributed by atoms with Crippen LogP contribution < -0.4 is 4.90 Å². The number of hydrogen-bond acceptors (Lipinski definition) is 4. The van der Waals surface area contributed by atoms with Gasteiger partial charge >= 0.3 is 0 Å². The molecule has 0 radical (unpaired) electrons. The lowest BCUT2D eigenvalue weighted by Crippen LogP contribution is -2.18. The number of aromatic nitrogens is 1. The number of benzene rings is 1. The van der Waals surface area contributed by atoms with Crippen molar-refractivity contribution in [2.75, 3.05) is 11.9 Å². The lowest BCUT2D eigenvalue weighted by Gasteiger charge is -2.19. The van der Waals surface area contributed by atoms with Gasteiger partial charge in [0.25, 0.3) is 0 Å². The molecule has 2 heterocycles. The van der Waals surface area contributed by atoms with Crippen molar-refractivity contribution in [1.82, 2.24) is 4.98 Å². The Labute approximate surface area is 123 Å². The van der Waals surface area contributed by atoms with E-state index in [0.29, 0.717) is 0 Å². The maximum absolute atomic E-state index is 9.58. The van der Waals surface area contributed by atoms with Gasteiger partial charge in [-0.3, -0.25) is 0 Å². The molecule has 0 saturated heterocycles. The smallest absolute Gasteiger partial charge is 0.129 e. The summed E-state index contributed by atoms with van der Waals surface area (Å²) in [6.07, 6.45) is 1.70. The molecular weight excluding hydrogens is 264 g/mol. The van der Waals surface area contributed by atoms with E-state index in [1.54, 1.807) is 6.26 Å². The summed E-state index contributed by atoms with van der Waals surface area (Å²) in [5, 5.41) is 10.6. The Kier molecular flexibility index (Phi) is 3.62. The van der Waals surface area contributed by atoms with Gasteiger partial charge in [0.15, 0.2) is 0 Å². The molecule has 0 fully saturated rings. The summed E-state index contributed by atoms with van der Waals surface area (Å²) in [5.41, 5.74) is 2.93. The van der Waals surface area contributed by atoms with Gasteiger partial charge in [0.2, 0.25) is 0 Å². The third-order valence-corrected chi connectivity index (χ3v) is 3.72. The van der Waals surface area contributed by atoms with Crippen molar-refractivity contribution in [3.05, 3.63) is 59.5 Å². The van der Waals surface area contributed by atoms with Crippen LogP contribution in [0.25, 0.3) is 10.9 Å².